The van der Waals surface area contributed by atoms with Crippen molar-refractivity contribution in [1.29, 1.82) is 0 Å². The summed E-state index contributed by atoms with van der Waals surface area (Å²) in [6.45, 7) is 1.54. The van der Waals surface area contributed by atoms with Crippen LogP contribution in [0.2, 0.25) is 0 Å². The van der Waals surface area contributed by atoms with Gasteiger partial charge in [-0.25, -0.2) is 0 Å². The van der Waals surface area contributed by atoms with Gasteiger partial charge in [0.2, 0.25) is 0 Å². The molecule has 136 valence electrons. The zero-order chi connectivity index (χ0) is 17.6. The van der Waals surface area contributed by atoms with E-state index in [0.717, 1.165) is 31.4 Å². The number of ketones is 1. The number of methoxy groups -OCH3 is 1. The second-order valence-corrected chi connectivity index (χ2v) is 6.53. The fraction of sp³-hybridized carbons (Fsp3) is 0.579. The van der Waals surface area contributed by atoms with Gasteiger partial charge in [0.05, 0.1) is 26.4 Å². The lowest BCUT2D eigenvalue weighted by Gasteiger charge is -2.28. The molecule has 2 fully saturated rings. The number of esters is 1. The number of fused-ring (bicyclic) bond motifs is 1. The number of hydrogen-bond donors (Lipinski definition) is 0. The Kier molecular flexibility index (Phi) is 6.18. The van der Waals surface area contributed by atoms with Gasteiger partial charge in [0, 0.05) is 13.0 Å². The number of rotatable bonds is 7. The molecule has 0 radical (unpaired) electrons. The molecule has 0 aromatic heterocycles. The van der Waals surface area contributed by atoms with Crippen molar-refractivity contribution < 1.29 is 23.9 Å². The van der Waals surface area contributed by atoms with Crippen LogP contribution in [0.1, 0.15) is 31.2 Å². The maximum Gasteiger partial charge on any atom is 0.313 e. The summed E-state index contributed by atoms with van der Waals surface area (Å²) in [6.07, 6.45) is 2.39. The summed E-state index contributed by atoms with van der Waals surface area (Å²) in [4.78, 5) is 30.6. The number of ether oxygens (including phenoxy) is 2. The molecular weight excluding hydrogens is 322 g/mol. The topological polar surface area (TPSA) is 65.1 Å². The Hall–Kier alpha value is -1.76. The predicted octanol–water partition coefficient (Wildman–Crippen LogP) is 2.12. The van der Waals surface area contributed by atoms with Crippen molar-refractivity contribution in [3.05, 3.63) is 35.9 Å². The number of piperidine rings is 1. The molecule has 0 aliphatic carbocycles. The van der Waals surface area contributed by atoms with E-state index in [0.29, 0.717) is 13.2 Å². The van der Waals surface area contributed by atoms with Gasteiger partial charge in [-0.1, -0.05) is 36.8 Å². The van der Waals surface area contributed by atoms with Crippen LogP contribution in [0.5, 0.6) is 0 Å². The second-order valence-electron chi connectivity index (χ2n) is 6.53. The van der Waals surface area contributed by atoms with Crippen molar-refractivity contribution in [2.24, 2.45) is 5.92 Å². The van der Waals surface area contributed by atoms with Gasteiger partial charge in [0.15, 0.2) is 11.9 Å². The summed E-state index contributed by atoms with van der Waals surface area (Å²) in [6, 6.07) is 9.76. The van der Waals surface area contributed by atoms with Gasteiger partial charge in [-0.3, -0.25) is 14.4 Å². The van der Waals surface area contributed by atoms with Gasteiger partial charge in [-0.15, -0.1) is 0 Å². The Labute approximate surface area is 148 Å². The minimum atomic E-state index is -0.754. The average molecular weight is 347 g/mol. The average Bonchev–Trinajstić information content (AvgIpc) is 3.05. The monoisotopic (exact) mass is 347 g/mol. The lowest BCUT2D eigenvalue weighted by Crippen LogP contribution is -2.41. The molecule has 0 spiro atoms. The number of hydrogen-bond acceptors (Lipinski definition) is 6. The number of Topliss-reactive ketones (excluding diaryl/α,β-unsaturated/α-hetero) is 1. The van der Waals surface area contributed by atoms with Gasteiger partial charge in [0.25, 0.3) is 0 Å². The first-order valence-corrected chi connectivity index (χ1v) is 8.86. The van der Waals surface area contributed by atoms with Gasteiger partial charge < -0.3 is 9.47 Å². The molecule has 2 heterocycles. The zero-order valence-corrected chi connectivity index (χ0v) is 14.6. The van der Waals surface area contributed by atoms with Gasteiger partial charge in [-0.05, 0) is 18.4 Å². The van der Waals surface area contributed by atoms with Gasteiger partial charge in [-0.2, -0.15) is 5.06 Å². The largest absolute Gasteiger partial charge is 0.469 e. The number of hydroxylamine groups is 2. The van der Waals surface area contributed by atoms with Crippen LogP contribution in [0, 0.1) is 5.92 Å². The Bertz CT molecular complexity index is 591. The third kappa shape index (κ3) is 4.26. The highest BCUT2D eigenvalue weighted by Crippen LogP contribution is 2.35. The molecule has 25 heavy (non-hydrogen) atoms. The Morgan fingerprint density at radius 2 is 2.04 bits per heavy atom. The first kappa shape index (κ1) is 18.0. The molecule has 0 bridgehead atoms. The van der Waals surface area contributed by atoms with Crippen molar-refractivity contribution in [2.75, 3.05) is 20.3 Å². The highest BCUT2D eigenvalue weighted by Gasteiger charge is 2.51. The molecule has 1 aromatic rings. The zero-order valence-electron chi connectivity index (χ0n) is 14.6. The molecule has 0 saturated carbocycles. The molecule has 0 unspecified atom stereocenters. The molecule has 1 aromatic carbocycles. The molecule has 2 aliphatic rings. The minimum Gasteiger partial charge on any atom is -0.469 e. The van der Waals surface area contributed by atoms with Crippen molar-refractivity contribution in [1.82, 2.24) is 5.06 Å². The van der Waals surface area contributed by atoms with Crippen LogP contribution in [0.15, 0.2) is 30.3 Å². The van der Waals surface area contributed by atoms with E-state index in [1.54, 1.807) is 5.06 Å². The third-order valence-corrected chi connectivity index (χ3v) is 4.88. The molecule has 6 nitrogen and oxygen atoms in total. The minimum absolute atomic E-state index is 0.0552. The maximum atomic E-state index is 12.6. The third-order valence-electron chi connectivity index (χ3n) is 4.88. The van der Waals surface area contributed by atoms with E-state index in [1.165, 1.54) is 7.11 Å². The second kappa shape index (κ2) is 8.56. The van der Waals surface area contributed by atoms with Crippen molar-refractivity contribution >= 4 is 11.8 Å². The quantitative estimate of drug-likeness (QED) is 0.556. The van der Waals surface area contributed by atoms with E-state index in [9.17, 15) is 9.59 Å². The smallest absolute Gasteiger partial charge is 0.313 e. The maximum absolute atomic E-state index is 12.6. The van der Waals surface area contributed by atoms with Crippen molar-refractivity contribution in [3.63, 3.8) is 0 Å². The van der Waals surface area contributed by atoms with Crippen LogP contribution in [-0.4, -0.2) is 49.2 Å². The normalized spacial score (nSPS) is 26.2. The van der Waals surface area contributed by atoms with Crippen LogP contribution < -0.4 is 0 Å². The van der Waals surface area contributed by atoms with Gasteiger partial charge in [0.1, 0.15) is 5.92 Å². The van der Waals surface area contributed by atoms with Crippen LogP contribution in [0.25, 0.3) is 0 Å². The number of nitrogens with zero attached hydrogens (tertiary/aromatic N) is 1. The Balaban J connectivity index is 1.53. The Morgan fingerprint density at radius 1 is 1.24 bits per heavy atom. The standard InChI is InChI=1S/C19H25NO5/c1-23-19(22)17-15-9-5-6-11-20(15)25-18(17)16(21)10-12-24-13-14-7-3-2-4-8-14/h2-4,7-8,15,17-18H,5-6,9-13H2,1H3/t15-,17+,18-/m1/s1. The predicted molar refractivity (Wildman–Crippen MR) is 90.4 cm³/mol. The summed E-state index contributed by atoms with van der Waals surface area (Å²) in [7, 11) is 1.36. The molecular formula is C19H25NO5. The number of carbonyl (C=O) groups is 2. The molecule has 3 atom stereocenters. The molecule has 0 amide bonds. The summed E-state index contributed by atoms with van der Waals surface area (Å²) in [5, 5.41) is 1.80. The fourth-order valence-electron chi connectivity index (χ4n) is 3.59. The van der Waals surface area contributed by atoms with E-state index >= 15 is 0 Å². The highest BCUT2D eigenvalue weighted by molar-refractivity contribution is 5.89. The van der Waals surface area contributed by atoms with Crippen molar-refractivity contribution in [3.8, 4) is 0 Å². The summed E-state index contributed by atoms with van der Waals surface area (Å²) in [5.74, 6) is -0.997. The van der Waals surface area contributed by atoms with E-state index in [4.69, 9.17) is 14.3 Å². The SMILES string of the molecule is COC(=O)[C@@H]1[C@@H](C(=O)CCOCc2ccccc2)ON2CCCC[C@H]12. The summed E-state index contributed by atoms with van der Waals surface area (Å²) >= 11 is 0. The lowest BCUT2D eigenvalue weighted by molar-refractivity contribution is -0.179. The van der Waals surface area contributed by atoms with Crippen LogP contribution in [0.3, 0.4) is 0 Å². The van der Waals surface area contributed by atoms with E-state index < -0.39 is 12.0 Å². The molecule has 3 rings (SSSR count). The van der Waals surface area contributed by atoms with Crippen LogP contribution in [-0.2, 0) is 30.5 Å². The fourth-order valence-corrected chi connectivity index (χ4v) is 3.59. The van der Waals surface area contributed by atoms with Crippen LogP contribution in [0.4, 0.5) is 0 Å². The van der Waals surface area contributed by atoms with E-state index in [2.05, 4.69) is 0 Å². The first-order chi connectivity index (χ1) is 12.2. The molecule has 6 heteroatoms. The molecule has 2 saturated heterocycles. The Morgan fingerprint density at radius 3 is 2.80 bits per heavy atom. The summed E-state index contributed by atoms with van der Waals surface area (Å²) < 4.78 is 10.5. The molecule has 2 aliphatic heterocycles. The van der Waals surface area contributed by atoms with E-state index in [1.807, 2.05) is 30.3 Å². The molecule has 0 N–H and O–H groups in total. The lowest BCUT2D eigenvalue weighted by atomic mass is 9.87. The summed E-state index contributed by atoms with van der Waals surface area (Å²) in [5.41, 5.74) is 1.07. The number of benzene rings is 1. The van der Waals surface area contributed by atoms with Gasteiger partial charge >= 0.3 is 5.97 Å². The highest BCUT2D eigenvalue weighted by atomic mass is 16.7. The van der Waals surface area contributed by atoms with Crippen molar-refractivity contribution in [2.45, 2.75) is 44.4 Å². The van der Waals surface area contributed by atoms with Crippen LogP contribution >= 0.6 is 0 Å². The number of carbonyl (C=O) groups excluding carboxylic acids is 2. The van der Waals surface area contributed by atoms with E-state index in [-0.39, 0.29) is 24.2 Å². The first-order valence-electron chi connectivity index (χ1n) is 8.86.